The van der Waals surface area contributed by atoms with E-state index < -0.39 is 12.1 Å². The van der Waals surface area contributed by atoms with Crippen molar-refractivity contribution in [3.8, 4) is 0 Å². The van der Waals surface area contributed by atoms with Crippen LogP contribution in [-0.2, 0) is 9.59 Å². The van der Waals surface area contributed by atoms with Gasteiger partial charge in [0.2, 0.25) is 5.91 Å². The molecule has 7 heteroatoms. The van der Waals surface area contributed by atoms with Crippen molar-refractivity contribution in [2.24, 2.45) is 0 Å². The van der Waals surface area contributed by atoms with Crippen molar-refractivity contribution in [2.45, 2.75) is 45.2 Å². The number of nitrogens with one attached hydrogen (secondary N) is 2. The van der Waals surface area contributed by atoms with E-state index in [1.165, 1.54) is 0 Å². The van der Waals surface area contributed by atoms with Crippen molar-refractivity contribution in [3.63, 3.8) is 0 Å². The molecule has 0 aromatic heterocycles. The summed E-state index contributed by atoms with van der Waals surface area (Å²) in [6.07, 6.45) is 1.63. The molecule has 0 unspecified atom stereocenters. The number of hydrogen-bond donors (Lipinski definition) is 2. The van der Waals surface area contributed by atoms with E-state index in [2.05, 4.69) is 29.4 Å². The summed E-state index contributed by atoms with van der Waals surface area (Å²) >= 11 is 0. The lowest BCUT2D eigenvalue weighted by atomic mass is 10.1. The topological polar surface area (TPSA) is 81.8 Å². The minimum absolute atomic E-state index is 0.0644. The first kappa shape index (κ1) is 15.8. The SMILES string of the molecule is CC(C)N1CCCN(C(=O)CC[C@@H]2NC(=O)NC2=O)CC1. The van der Waals surface area contributed by atoms with Crippen LogP contribution in [0.25, 0.3) is 0 Å². The first-order valence-electron chi connectivity index (χ1n) is 7.60. The Kier molecular flexibility index (Phi) is 5.17. The highest BCUT2D eigenvalue weighted by Crippen LogP contribution is 2.10. The highest BCUT2D eigenvalue weighted by molar-refractivity contribution is 6.04. The summed E-state index contributed by atoms with van der Waals surface area (Å²) in [6, 6.07) is -0.544. The quantitative estimate of drug-likeness (QED) is 0.711. The summed E-state index contributed by atoms with van der Waals surface area (Å²) in [5.74, 6) is -0.274. The lowest BCUT2D eigenvalue weighted by molar-refractivity contribution is -0.131. The van der Waals surface area contributed by atoms with Crippen molar-refractivity contribution in [1.82, 2.24) is 20.4 Å². The number of amides is 4. The summed E-state index contributed by atoms with van der Waals surface area (Å²) in [7, 11) is 0. The molecule has 118 valence electrons. The summed E-state index contributed by atoms with van der Waals surface area (Å²) in [5, 5.41) is 4.70. The van der Waals surface area contributed by atoms with E-state index in [1.807, 2.05) is 4.90 Å². The van der Waals surface area contributed by atoms with Crippen LogP contribution in [0.4, 0.5) is 4.79 Å². The Labute approximate surface area is 125 Å². The van der Waals surface area contributed by atoms with Gasteiger partial charge in [0.15, 0.2) is 0 Å². The van der Waals surface area contributed by atoms with Gasteiger partial charge in [-0.2, -0.15) is 0 Å². The highest BCUT2D eigenvalue weighted by Gasteiger charge is 2.30. The summed E-state index contributed by atoms with van der Waals surface area (Å²) in [5.41, 5.74) is 0. The number of carbonyl (C=O) groups excluding carboxylic acids is 3. The predicted octanol–water partition coefficient (Wildman–Crippen LogP) is -0.0827. The number of rotatable bonds is 4. The van der Waals surface area contributed by atoms with Crippen LogP contribution >= 0.6 is 0 Å². The summed E-state index contributed by atoms with van der Waals surface area (Å²) in [6.45, 7) is 7.75. The maximum atomic E-state index is 12.2. The average Bonchev–Trinajstić information content (AvgIpc) is 2.65. The number of nitrogens with zero attached hydrogens (tertiary/aromatic N) is 2. The van der Waals surface area contributed by atoms with E-state index in [0.717, 1.165) is 32.6 Å². The predicted molar refractivity (Wildman–Crippen MR) is 77.6 cm³/mol. The van der Waals surface area contributed by atoms with Gasteiger partial charge in [0.05, 0.1) is 0 Å². The number of carbonyl (C=O) groups is 3. The molecule has 2 aliphatic rings. The van der Waals surface area contributed by atoms with E-state index in [0.29, 0.717) is 18.9 Å². The first-order chi connectivity index (χ1) is 9.97. The molecule has 1 atom stereocenters. The van der Waals surface area contributed by atoms with Gasteiger partial charge in [-0.05, 0) is 26.7 Å². The van der Waals surface area contributed by atoms with Gasteiger partial charge in [-0.3, -0.25) is 19.8 Å². The molecule has 2 saturated heterocycles. The van der Waals surface area contributed by atoms with Crippen molar-refractivity contribution in [2.75, 3.05) is 26.2 Å². The molecule has 4 amide bonds. The molecular formula is C14H24N4O3. The van der Waals surface area contributed by atoms with Crippen LogP contribution in [-0.4, -0.2) is 65.9 Å². The van der Waals surface area contributed by atoms with Gasteiger partial charge in [-0.1, -0.05) is 0 Å². The Morgan fingerprint density at radius 3 is 2.62 bits per heavy atom. The molecular weight excluding hydrogens is 272 g/mol. The molecule has 2 aliphatic heterocycles. The van der Waals surface area contributed by atoms with Crippen molar-refractivity contribution < 1.29 is 14.4 Å². The normalized spacial score (nSPS) is 24.0. The molecule has 2 fully saturated rings. The Morgan fingerprint density at radius 2 is 2.00 bits per heavy atom. The number of imide groups is 1. The standard InChI is InChI=1S/C14H24N4O3/c1-10(2)17-6-3-7-18(9-8-17)12(19)5-4-11-13(20)16-14(21)15-11/h10-11H,3-9H2,1-2H3,(H2,15,16,20,21)/t11-/m0/s1. The first-order valence-corrected chi connectivity index (χ1v) is 7.60. The fourth-order valence-electron chi connectivity index (χ4n) is 2.79. The zero-order chi connectivity index (χ0) is 15.4. The van der Waals surface area contributed by atoms with Gasteiger partial charge < -0.3 is 10.2 Å². The smallest absolute Gasteiger partial charge is 0.322 e. The Bertz CT molecular complexity index is 424. The van der Waals surface area contributed by atoms with Crippen LogP contribution in [0.3, 0.4) is 0 Å². The minimum Gasteiger partial charge on any atom is -0.341 e. The molecule has 0 aliphatic carbocycles. The second kappa shape index (κ2) is 6.89. The fraction of sp³-hybridized carbons (Fsp3) is 0.786. The van der Waals surface area contributed by atoms with Gasteiger partial charge in [0.25, 0.3) is 5.91 Å². The van der Waals surface area contributed by atoms with Crippen molar-refractivity contribution in [3.05, 3.63) is 0 Å². The van der Waals surface area contributed by atoms with Crippen molar-refractivity contribution >= 4 is 17.8 Å². The molecule has 7 nitrogen and oxygen atoms in total. The largest absolute Gasteiger partial charge is 0.341 e. The third-order valence-corrected chi connectivity index (χ3v) is 4.12. The number of urea groups is 1. The van der Waals surface area contributed by atoms with Crippen LogP contribution in [0, 0.1) is 0 Å². The van der Waals surface area contributed by atoms with E-state index in [1.54, 1.807) is 0 Å². The molecule has 21 heavy (non-hydrogen) atoms. The third-order valence-electron chi connectivity index (χ3n) is 4.12. The van der Waals surface area contributed by atoms with E-state index >= 15 is 0 Å². The molecule has 2 rings (SSSR count). The van der Waals surface area contributed by atoms with Gasteiger partial charge >= 0.3 is 6.03 Å². The Morgan fingerprint density at radius 1 is 1.24 bits per heavy atom. The highest BCUT2D eigenvalue weighted by atomic mass is 16.2. The maximum absolute atomic E-state index is 12.2. The molecule has 2 N–H and O–H groups in total. The molecule has 0 aromatic rings. The van der Waals surface area contributed by atoms with Crippen LogP contribution in [0.2, 0.25) is 0 Å². The van der Waals surface area contributed by atoms with E-state index in [9.17, 15) is 14.4 Å². The second-order valence-electron chi connectivity index (χ2n) is 5.92. The third kappa shape index (κ3) is 4.17. The van der Waals surface area contributed by atoms with E-state index in [-0.39, 0.29) is 11.8 Å². The fourth-order valence-corrected chi connectivity index (χ4v) is 2.79. The zero-order valence-electron chi connectivity index (χ0n) is 12.7. The summed E-state index contributed by atoms with van der Waals surface area (Å²) < 4.78 is 0. The van der Waals surface area contributed by atoms with Gasteiger partial charge in [0, 0.05) is 38.6 Å². The second-order valence-corrected chi connectivity index (χ2v) is 5.92. The Balaban J connectivity index is 1.78. The van der Waals surface area contributed by atoms with Crippen LogP contribution in [0.1, 0.15) is 33.1 Å². The lowest BCUT2D eigenvalue weighted by Gasteiger charge is -2.25. The molecule has 2 heterocycles. The summed E-state index contributed by atoms with van der Waals surface area (Å²) in [4.78, 5) is 38.9. The molecule has 0 aromatic carbocycles. The Hall–Kier alpha value is -1.63. The van der Waals surface area contributed by atoms with Crippen LogP contribution in [0.15, 0.2) is 0 Å². The molecule has 0 spiro atoms. The van der Waals surface area contributed by atoms with Crippen LogP contribution in [0.5, 0.6) is 0 Å². The molecule has 0 saturated carbocycles. The van der Waals surface area contributed by atoms with Crippen LogP contribution < -0.4 is 10.6 Å². The van der Waals surface area contributed by atoms with Crippen molar-refractivity contribution in [1.29, 1.82) is 0 Å². The van der Waals surface area contributed by atoms with Gasteiger partial charge in [-0.15, -0.1) is 0 Å². The van der Waals surface area contributed by atoms with E-state index in [4.69, 9.17) is 0 Å². The van der Waals surface area contributed by atoms with Gasteiger partial charge in [0.1, 0.15) is 6.04 Å². The van der Waals surface area contributed by atoms with Gasteiger partial charge in [-0.25, -0.2) is 4.79 Å². The lowest BCUT2D eigenvalue weighted by Crippen LogP contribution is -2.38. The molecule has 0 bridgehead atoms. The number of hydrogen-bond acceptors (Lipinski definition) is 4. The molecule has 0 radical (unpaired) electrons. The monoisotopic (exact) mass is 296 g/mol. The maximum Gasteiger partial charge on any atom is 0.322 e. The zero-order valence-corrected chi connectivity index (χ0v) is 12.7. The average molecular weight is 296 g/mol. The minimum atomic E-state index is -0.569.